The van der Waals surface area contributed by atoms with Crippen molar-refractivity contribution >= 4 is 17.5 Å². The van der Waals surface area contributed by atoms with Gasteiger partial charge in [0.25, 0.3) is 0 Å². The second kappa shape index (κ2) is 6.70. The summed E-state index contributed by atoms with van der Waals surface area (Å²) in [6, 6.07) is 3.92. The molecule has 1 atom stereocenters. The molecule has 1 aliphatic rings. The normalized spacial score (nSPS) is 18.0. The third-order valence-electron chi connectivity index (χ3n) is 4.01. The van der Waals surface area contributed by atoms with Gasteiger partial charge in [-0.15, -0.1) is 0 Å². The maximum absolute atomic E-state index is 11.3. The minimum absolute atomic E-state index is 0.0442. The van der Waals surface area contributed by atoms with Gasteiger partial charge < -0.3 is 11.1 Å². The van der Waals surface area contributed by atoms with Gasteiger partial charge in [-0.2, -0.15) is 0 Å². The number of hydrogen-bond acceptors (Lipinski definition) is 6. The number of hydrogen-bond donors (Lipinski definition) is 2. The van der Waals surface area contributed by atoms with Crippen LogP contribution in [-0.4, -0.2) is 38.8 Å². The molecule has 3 N–H and O–H groups in total. The van der Waals surface area contributed by atoms with Crippen LogP contribution in [-0.2, 0) is 4.79 Å². The van der Waals surface area contributed by atoms with Crippen LogP contribution < -0.4 is 11.1 Å². The molecule has 0 saturated carbocycles. The van der Waals surface area contributed by atoms with E-state index in [1.165, 1.54) is 0 Å². The number of carbonyl (C=O) groups excluding carboxylic acids is 1. The quantitative estimate of drug-likeness (QED) is 0.869. The number of primary amides is 1. The minimum Gasteiger partial charge on any atom is -0.369 e. The largest absolute Gasteiger partial charge is 0.369 e. The van der Waals surface area contributed by atoms with Crippen LogP contribution >= 0.6 is 0 Å². The highest BCUT2D eigenvalue weighted by molar-refractivity contribution is 5.76. The number of rotatable bonds is 5. The van der Waals surface area contributed by atoms with Crippen LogP contribution in [0.15, 0.2) is 30.7 Å². The summed E-state index contributed by atoms with van der Waals surface area (Å²) in [6.45, 7) is 3.07. The number of nitrogens with one attached hydrogen (secondary N) is 1. The van der Waals surface area contributed by atoms with E-state index in [4.69, 9.17) is 5.73 Å². The van der Waals surface area contributed by atoms with Crippen LogP contribution in [0.2, 0.25) is 0 Å². The number of nitrogens with two attached hydrogens (primary N) is 1. The first-order valence-corrected chi connectivity index (χ1v) is 7.67. The van der Waals surface area contributed by atoms with Gasteiger partial charge in [-0.3, -0.25) is 14.7 Å². The number of pyridine rings is 1. The standard InChI is InChI=1S/C16H20N6O/c1-11-4-2-6-19-15(11)21-16-14(18-7-8-20-16)12-5-3-9-22(12)10-13(17)23/h2,4,6-8,12H,3,5,9-10H2,1H3,(H2,17,23)(H,19,20,21)/t12-/m0/s1. The molecule has 0 bridgehead atoms. The lowest BCUT2D eigenvalue weighted by molar-refractivity contribution is -0.119. The number of aromatic nitrogens is 3. The fraction of sp³-hybridized carbons (Fsp3) is 0.375. The highest BCUT2D eigenvalue weighted by atomic mass is 16.1. The van der Waals surface area contributed by atoms with Gasteiger partial charge in [-0.1, -0.05) is 6.07 Å². The molecule has 3 rings (SSSR count). The molecule has 0 unspecified atom stereocenters. The Hall–Kier alpha value is -2.54. The zero-order chi connectivity index (χ0) is 16.2. The van der Waals surface area contributed by atoms with Crippen LogP contribution in [0.3, 0.4) is 0 Å². The van der Waals surface area contributed by atoms with Gasteiger partial charge in [0.1, 0.15) is 11.5 Å². The first-order chi connectivity index (χ1) is 11.1. The molecule has 120 valence electrons. The van der Waals surface area contributed by atoms with Crippen molar-refractivity contribution in [3.63, 3.8) is 0 Å². The topological polar surface area (TPSA) is 97.0 Å². The summed E-state index contributed by atoms with van der Waals surface area (Å²) in [5, 5.41) is 3.26. The van der Waals surface area contributed by atoms with E-state index in [1.54, 1.807) is 18.6 Å². The van der Waals surface area contributed by atoms with E-state index in [2.05, 4.69) is 25.2 Å². The molecule has 0 spiro atoms. The summed E-state index contributed by atoms with van der Waals surface area (Å²) >= 11 is 0. The van der Waals surface area contributed by atoms with E-state index in [0.29, 0.717) is 5.82 Å². The Morgan fingerprint density at radius 3 is 2.87 bits per heavy atom. The summed E-state index contributed by atoms with van der Waals surface area (Å²) in [6.07, 6.45) is 7.00. The fourth-order valence-corrected chi connectivity index (χ4v) is 2.94. The molecule has 7 heteroatoms. The molecule has 3 heterocycles. The summed E-state index contributed by atoms with van der Waals surface area (Å²) in [5.41, 5.74) is 7.21. The molecule has 23 heavy (non-hydrogen) atoms. The van der Waals surface area contributed by atoms with Gasteiger partial charge in [0.15, 0.2) is 5.82 Å². The molecule has 2 aromatic rings. The summed E-state index contributed by atoms with van der Waals surface area (Å²) in [5.74, 6) is 1.11. The second-order valence-electron chi connectivity index (χ2n) is 5.68. The molecule has 7 nitrogen and oxygen atoms in total. The molecule has 1 fully saturated rings. The second-order valence-corrected chi connectivity index (χ2v) is 5.68. The van der Waals surface area contributed by atoms with E-state index in [0.717, 1.165) is 36.5 Å². The predicted octanol–water partition coefficient (Wildman–Crippen LogP) is 1.55. The Morgan fingerprint density at radius 2 is 2.09 bits per heavy atom. The van der Waals surface area contributed by atoms with Crippen molar-refractivity contribution in [1.29, 1.82) is 0 Å². The summed E-state index contributed by atoms with van der Waals surface area (Å²) in [7, 11) is 0. The molecule has 1 aliphatic heterocycles. The molecular formula is C16H20N6O. The Labute approximate surface area is 135 Å². The summed E-state index contributed by atoms with van der Waals surface area (Å²) < 4.78 is 0. The highest BCUT2D eigenvalue weighted by Gasteiger charge is 2.30. The van der Waals surface area contributed by atoms with Gasteiger partial charge in [-0.05, 0) is 37.9 Å². The highest BCUT2D eigenvalue weighted by Crippen LogP contribution is 2.34. The Kier molecular flexibility index (Phi) is 4.47. The predicted molar refractivity (Wildman–Crippen MR) is 87.0 cm³/mol. The van der Waals surface area contributed by atoms with Crippen LogP contribution in [0.25, 0.3) is 0 Å². The van der Waals surface area contributed by atoms with Gasteiger partial charge in [0, 0.05) is 18.6 Å². The first kappa shape index (κ1) is 15.4. The molecule has 1 amide bonds. The van der Waals surface area contributed by atoms with Crippen LogP contribution in [0.1, 0.15) is 30.1 Å². The Morgan fingerprint density at radius 1 is 1.30 bits per heavy atom. The number of nitrogens with zero attached hydrogens (tertiary/aromatic N) is 4. The zero-order valence-corrected chi connectivity index (χ0v) is 13.1. The van der Waals surface area contributed by atoms with Gasteiger partial charge in [0.2, 0.25) is 5.91 Å². The number of anilines is 2. The van der Waals surface area contributed by atoms with E-state index < -0.39 is 0 Å². The summed E-state index contributed by atoms with van der Waals surface area (Å²) in [4.78, 5) is 26.6. The van der Waals surface area contributed by atoms with Gasteiger partial charge >= 0.3 is 0 Å². The number of carbonyl (C=O) groups is 1. The average molecular weight is 312 g/mol. The van der Waals surface area contributed by atoms with Crippen molar-refractivity contribution in [2.24, 2.45) is 5.73 Å². The van der Waals surface area contributed by atoms with E-state index in [1.807, 2.05) is 19.1 Å². The third kappa shape index (κ3) is 3.45. The first-order valence-electron chi connectivity index (χ1n) is 7.67. The van der Waals surface area contributed by atoms with Crippen molar-refractivity contribution in [1.82, 2.24) is 19.9 Å². The third-order valence-corrected chi connectivity index (χ3v) is 4.01. The van der Waals surface area contributed by atoms with Crippen LogP contribution in [0.4, 0.5) is 11.6 Å². The minimum atomic E-state index is -0.323. The Balaban J connectivity index is 1.89. The van der Waals surface area contributed by atoms with Crippen molar-refractivity contribution in [2.45, 2.75) is 25.8 Å². The van der Waals surface area contributed by atoms with Gasteiger partial charge in [0.05, 0.1) is 12.6 Å². The SMILES string of the molecule is Cc1cccnc1Nc1nccnc1[C@@H]1CCCN1CC(N)=O. The number of aryl methyl sites for hydroxylation is 1. The Bertz CT molecular complexity index is 704. The average Bonchev–Trinajstić information content (AvgIpc) is 2.97. The smallest absolute Gasteiger partial charge is 0.231 e. The lowest BCUT2D eigenvalue weighted by Gasteiger charge is -2.24. The number of likely N-dealkylation sites (tertiary alicyclic amines) is 1. The molecule has 2 aromatic heterocycles. The van der Waals surface area contributed by atoms with E-state index in [-0.39, 0.29) is 18.5 Å². The van der Waals surface area contributed by atoms with E-state index in [9.17, 15) is 4.79 Å². The molecule has 0 aliphatic carbocycles. The number of amides is 1. The van der Waals surface area contributed by atoms with Crippen molar-refractivity contribution in [3.8, 4) is 0 Å². The van der Waals surface area contributed by atoms with E-state index >= 15 is 0 Å². The van der Waals surface area contributed by atoms with Crippen molar-refractivity contribution < 1.29 is 4.79 Å². The molecular weight excluding hydrogens is 292 g/mol. The van der Waals surface area contributed by atoms with Crippen molar-refractivity contribution in [2.75, 3.05) is 18.4 Å². The molecule has 1 saturated heterocycles. The maximum atomic E-state index is 11.3. The molecule has 0 radical (unpaired) electrons. The van der Waals surface area contributed by atoms with Gasteiger partial charge in [-0.25, -0.2) is 9.97 Å². The van der Waals surface area contributed by atoms with Crippen LogP contribution in [0, 0.1) is 6.92 Å². The lowest BCUT2D eigenvalue weighted by Crippen LogP contribution is -2.34. The molecule has 0 aromatic carbocycles. The zero-order valence-electron chi connectivity index (χ0n) is 13.1. The van der Waals surface area contributed by atoms with Crippen molar-refractivity contribution in [3.05, 3.63) is 42.0 Å². The maximum Gasteiger partial charge on any atom is 0.231 e. The van der Waals surface area contributed by atoms with Crippen LogP contribution in [0.5, 0.6) is 0 Å². The fourth-order valence-electron chi connectivity index (χ4n) is 2.94. The lowest BCUT2D eigenvalue weighted by atomic mass is 10.1. The monoisotopic (exact) mass is 312 g/mol.